The zero-order valence-electron chi connectivity index (χ0n) is 12.1. The van der Waals surface area contributed by atoms with Crippen molar-refractivity contribution >= 4 is 30.7 Å². The summed E-state index contributed by atoms with van der Waals surface area (Å²) >= 11 is 0. The maximum absolute atomic E-state index is 11.8. The number of nitrogens with one attached hydrogen (secondary N) is 1. The fraction of sp³-hybridized carbons (Fsp3) is 0.923. The average Bonchev–Trinajstić information content (AvgIpc) is 2.76. The highest BCUT2D eigenvalue weighted by Crippen LogP contribution is 2.09. The van der Waals surface area contributed by atoms with Crippen LogP contribution in [0.3, 0.4) is 0 Å². The summed E-state index contributed by atoms with van der Waals surface area (Å²) in [7, 11) is 0. The maximum atomic E-state index is 11.8. The van der Waals surface area contributed by atoms with Crippen LogP contribution in [0.25, 0.3) is 0 Å². The SMILES string of the molecule is CCCC(C)(N)C(=O)NCCCN1CCCC1.Cl.Cl. The van der Waals surface area contributed by atoms with E-state index in [2.05, 4.69) is 10.2 Å². The number of carbonyl (C=O) groups is 1. The van der Waals surface area contributed by atoms with Gasteiger partial charge in [-0.1, -0.05) is 13.3 Å². The molecule has 0 aromatic rings. The number of halogens is 2. The fourth-order valence-electron chi connectivity index (χ4n) is 2.35. The summed E-state index contributed by atoms with van der Waals surface area (Å²) in [6, 6.07) is 0. The van der Waals surface area contributed by atoms with Crippen molar-refractivity contribution in [2.24, 2.45) is 5.73 Å². The number of amides is 1. The van der Waals surface area contributed by atoms with Gasteiger partial charge < -0.3 is 16.0 Å². The molecule has 1 unspecified atom stereocenters. The smallest absolute Gasteiger partial charge is 0.239 e. The molecule has 1 aliphatic rings. The van der Waals surface area contributed by atoms with Gasteiger partial charge in [-0.2, -0.15) is 0 Å². The van der Waals surface area contributed by atoms with Crippen molar-refractivity contribution in [2.45, 2.75) is 51.5 Å². The first kappa shape index (κ1) is 21.3. The van der Waals surface area contributed by atoms with Crippen molar-refractivity contribution < 1.29 is 4.79 Å². The number of nitrogens with two attached hydrogens (primary N) is 1. The van der Waals surface area contributed by atoms with E-state index in [1.165, 1.54) is 25.9 Å². The van der Waals surface area contributed by atoms with Crippen LogP contribution in [0.2, 0.25) is 0 Å². The van der Waals surface area contributed by atoms with E-state index < -0.39 is 5.54 Å². The number of hydrogen-bond acceptors (Lipinski definition) is 3. The molecule has 3 N–H and O–H groups in total. The van der Waals surface area contributed by atoms with Crippen LogP contribution < -0.4 is 11.1 Å². The quantitative estimate of drug-likeness (QED) is 0.706. The van der Waals surface area contributed by atoms with Crippen molar-refractivity contribution in [1.82, 2.24) is 10.2 Å². The minimum absolute atomic E-state index is 0. The van der Waals surface area contributed by atoms with Crippen molar-refractivity contribution in [2.75, 3.05) is 26.2 Å². The maximum Gasteiger partial charge on any atom is 0.239 e. The molecule has 0 saturated carbocycles. The average molecular weight is 314 g/mol. The monoisotopic (exact) mass is 313 g/mol. The summed E-state index contributed by atoms with van der Waals surface area (Å²) in [5.74, 6) is -0.0132. The van der Waals surface area contributed by atoms with E-state index >= 15 is 0 Å². The number of likely N-dealkylation sites (tertiary alicyclic amines) is 1. The van der Waals surface area contributed by atoms with Gasteiger partial charge in [-0.05, 0) is 52.2 Å². The van der Waals surface area contributed by atoms with E-state index in [1.54, 1.807) is 0 Å². The molecule has 4 nitrogen and oxygen atoms in total. The second-order valence-electron chi connectivity index (χ2n) is 5.33. The standard InChI is InChI=1S/C13H27N3O.2ClH/c1-3-7-13(2,14)12(17)15-8-6-11-16-9-4-5-10-16;;/h3-11,14H2,1-2H3,(H,15,17);2*1H. The third-order valence-electron chi connectivity index (χ3n) is 3.42. The molecule has 1 amide bonds. The molecule has 1 atom stereocenters. The van der Waals surface area contributed by atoms with Gasteiger partial charge in [0.2, 0.25) is 5.91 Å². The number of nitrogens with zero attached hydrogens (tertiary/aromatic N) is 1. The Bertz CT molecular complexity index is 244. The highest BCUT2D eigenvalue weighted by Gasteiger charge is 2.26. The molecule has 0 aromatic carbocycles. The summed E-state index contributed by atoms with van der Waals surface area (Å²) < 4.78 is 0. The molecule has 0 aliphatic carbocycles. The van der Waals surface area contributed by atoms with Crippen LogP contribution >= 0.6 is 24.8 Å². The molecule has 19 heavy (non-hydrogen) atoms. The Morgan fingerprint density at radius 1 is 1.32 bits per heavy atom. The number of carbonyl (C=O) groups excluding carboxylic acids is 1. The summed E-state index contributed by atoms with van der Waals surface area (Å²) in [4.78, 5) is 14.3. The van der Waals surface area contributed by atoms with Crippen LogP contribution in [0.4, 0.5) is 0 Å². The zero-order valence-corrected chi connectivity index (χ0v) is 13.7. The largest absolute Gasteiger partial charge is 0.354 e. The Balaban J connectivity index is 0. The first-order valence-electron chi connectivity index (χ1n) is 6.86. The zero-order chi connectivity index (χ0) is 12.7. The third-order valence-corrected chi connectivity index (χ3v) is 3.42. The molecule has 6 heteroatoms. The van der Waals surface area contributed by atoms with Gasteiger partial charge >= 0.3 is 0 Å². The molecule has 1 rings (SSSR count). The third kappa shape index (κ3) is 7.98. The minimum atomic E-state index is -0.706. The van der Waals surface area contributed by atoms with E-state index in [9.17, 15) is 4.79 Å². The highest BCUT2D eigenvalue weighted by molar-refractivity contribution is 5.86. The Morgan fingerprint density at radius 2 is 1.89 bits per heavy atom. The first-order chi connectivity index (χ1) is 8.06. The first-order valence-corrected chi connectivity index (χ1v) is 6.86. The molecule has 1 heterocycles. The van der Waals surface area contributed by atoms with E-state index in [0.717, 1.165) is 32.4 Å². The number of rotatable bonds is 7. The molecule has 1 fully saturated rings. The molecule has 1 aliphatic heterocycles. The molecule has 0 aromatic heterocycles. The van der Waals surface area contributed by atoms with Crippen molar-refractivity contribution in [3.63, 3.8) is 0 Å². The van der Waals surface area contributed by atoms with Gasteiger partial charge in [0.15, 0.2) is 0 Å². The lowest BCUT2D eigenvalue weighted by molar-refractivity contribution is -0.126. The van der Waals surface area contributed by atoms with Crippen LogP contribution in [0, 0.1) is 0 Å². The van der Waals surface area contributed by atoms with E-state index in [1.807, 2.05) is 13.8 Å². The van der Waals surface area contributed by atoms with Crippen molar-refractivity contribution in [1.29, 1.82) is 0 Å². The molecule has 1 saturated heterocycles. The Morgan fingerprint density at radius 3 is 2.42 bits per heavy atom. The van der Waals surface area contributed by atoms with Crippen molar-refractivity contribution in [3.8, 4) is 0 Å². The summed E-state index contributed by atoms with van der Waals surface area (Å²) in [5.41, 5.74) is 5.25. The van der Waals surface area contributed by atoms with Gasteiger partial charge in [-0.15, -0.1) is 24.8 Å². The van der Waals surface area contributed by atoms with Gasteiger partial charge in [-0.3, -0.25) is 4.79 Å². The molecule has 0 spiro atoms. The van der Waals surface area contributed by atoms with Crippen LogP contribution in [0.15, 0.2) is 0 Å². The fourth-order valence-corrected chi connectivity index (χ4v) is 2.35. The summed E-state index contributed by atoms with van der Waals surface area (Å²) in [5, 5.41) is 2.94. The Hall–Kier alpha value is -0.0300. The topological polar surface area (TPSA) is 58.4 Å². The van der Waals surface area contributed by atoms with E-state index in [0.29, 0.717) is 0 Å². The lowest BCUT2D eigenvalue weighted by atomic mass is 9.96. The summed E-state index contributed by atoms with van der Waals surface area (Å²) in [6.45, 7) is 8.13. The lowest BCUT2D eigenvalue weighted by Gasteiger charge is -2.23. The highest BCUT2D eigenvalue weighted by atomic mass is 35.5. The summed E-state index contributed by atoms with van der Waals surface area (Å²) in [6.07, 6.45) is 5.35. The molecule has 0 bridgehead atoms. The molecular formula is C13H29Cl2N3O. The molecular weight excluding hydrogens is 285 g/mol. The van der Waals surface area contributed by atoms with Gasteiger partial charge in [0, 0.05) is 6.54 Å². The lowest BCUT2D eigenvalue weighted by Crippen LogP contribution is -2.51. The second kappa shape index (κ2) is 10.7. The van der Waals surface area contributed by atoms with Gasteiger partial charge in [-0.25, -0.2) is 0 Å². The minimum Gasteiger partial charge on any atom is -0.354 e. The van der Waals surface area contributed by atoms with Crippen LogP contribution in [-0.2, 0) is 4.79 Å². The molecule has 116 valence electrons. The van der Waals surface area contributed by atoms with Gasteiger partial charge in [0.25, 0.3) is 0 Å². The molecule has 0 radical (unpaired) electrons. The van der Waals surface area contributed by atoms with E-state index in [-0.39, 0.29) is 30.7 Å². The van der Waals surface area contributed by atoms with Crippen molar-refractivity contribution in [3.05, 3.63) is 0 Å². The van der Waals surface area contributed by atoms with Crippen LogP contribution in [0.1, 0.15) is 46.0 Å². The second-order valence-corrected chi connectivity index (χ2v) is 5.33. The van der Waals surface area contributed by atoms with Crippen LogP contribution in [-0.4, -0.2) is 42.5 Å². The Labute approximate surface area is 129 Å². The van der Waals surface area contributed by atoms with Gasteiger partial charge in [0.05, 0.1) is 5.54 Å². The normalized spacial score (nSPS) is 18.1. The van der Waals surface area contributed by atoms with E-state index in [4.69, 9.17) is 5.73 Å². The van der Waals surface area contributed by atoms with Crippen LogP contribution in [0.5, 0.6) is 0 Å². The predicted molar refractivity (Wildman–Crippen MR) is 85.3 cm³/mol. The predicted octanol–water partition coefficient (Wildman–Crippen LogP) is 1.95. The number of hydrogen-bond donors (Lipinski definition) is 2. The Kier molecular flexibility index (Phi) is 12.0. The van der Waals surface area contributed by atoms with Gasteiger partial charge in [0.1, 0.15) is 0 Å².